The molecule has 0 aliphatic heterocycles. The molecule has 2 heterocycles. The number of benzene rings is 1. The molecular weight excluding hydrogens is 324 g/mol. The number of halogens is 1. The van der Waals surface area contributed by atoms with Gasteiger partial charge in [0.05, 0.1) is 17.6 Å². The Kier molecular flexibility index (Phi) is 4.53. The highest BCUT2D eigenvalue weighted by atomic mass is 35.5. The van der Waals surface area contributed by atoms with Crippen LogP contribution in [-0.2, 0) is 18.3 Å². The van der Waals surface area contributed by atoms with E-state index >= 15 is 0 Å². The zero-order chi connectivity index (χ0) is 17.3. The predicted octanol–water partition coefficient (Wildman–Crippen LogP) is 3.81. The number of carbonyl (C=O) groups is 1. The van der Waals surface area contributed by atoms with E-state index in [-0.39, 0.29) is 5.91 Å². The van der Waals surface area contributed by atoms with Crippen LogP contribution in [0.25, 0.3) is 11.0 Å². The minimum atomic E-state index is -0.0469. The lowest BCUT2D eigenvalue weighted by Crippen LogP contribution is -2.12. The molecule has 1 N–H and O–H groups in total. The molecule has 3 aromatic rings. The minimum absolute atomic E-state index is 0.0469. The van der Waals surface area contributed by atoms with Crippen molar-refractivity contribution in [2.75, 3.05) is 5.32 Å². The zero-order valence-corrected chi connectivity index (χ0v) is 14.7. The summed E-state index contributed by atoms with van der Waals surface area (Å²) in [5, 5.41) is 8.90. The van der Waals surface area contributed by atoms with Crippen molar-refractivity contribution in [3.8, 4) is 0 Å². The normalized spacial score (nSPS) is 11.0. The Labute approximate surface area is 145 Å². The van der Waals surface area contributed by atoms with Crippen LogP contribution in [0, 0.1) is 13.8 Å². The fourth-order valence-electron chi connectivity index (χ4n) is 2.65. The van der Waals surface area contributed by atoms with Gasteiger partial charge < -0.3 is 5.32 Å². The first-order valence-corrected chi connectivity index (χ1v) is 8.16. The number of nitrogens with zero attached hydrogens (tertiary/aromatic N) is 3. The largest absolute Gasteiger partial charge is 0.325 e. The van der Waals surface area contributed by atoms with Gasteiger partial charge in [-0.15, -0.1) is 0 Å². The third-order valence-electron chi connectivity index (χ3n) is 4.02. The Morgan fingerprint density at radius 1 is 1.29 bits per heavy atom. The summed E-state index contributed by atoms with van der Waals surface area (Å²) in [6.45, 7) is 3.89. The highest BCUT2D eigenvalue weighted by molar-refractivity contribution is 6.31. The van der Waals surface area contributed by atoms with Crippen molar-refractivity contribution in [1.82, 2.24) is 14.8 Å². The number of carbonyl (C=O) groups excluding carboxylic acids is 1. The van der Waals surface area contributed by atoms with Crippen molar-refractivity contribution in [2.45, 2.75) is 26.7 Å². The molecule has 0 saturated heterocycles. The molecule has 0 atom stereocenters. The van der Waals surface area contributed by atoms with Gasteiger partial charge in [0.2, 0.25) is 5.91 Å². The lowest BCUT2D eigenvalue weighted by molar-refractivity contribution is -0.116. The molecular formula is C18H19ClN4O. The molecule has 0 saturated carbocycles. The molecule has 124 valence electrons. The van der Waals surface area contributed by atoms with Gasteiger partial charge in [-0.3, -0.25) is 9.48 Å². The second-order valence-electron chi connectivity index (χ2n) is 5.94. The Bertz CT molecular complexity index is 917. The van der Waals surface area contributed by atoms with Crippen LogP contribution in [0.15, 0.2) is 30.5 Å². The molecule has 0 unspecified atom stereocenters. The molecule has 0 spiro atoms. The van der Waals surface area contributed by atoms with Crippen LogP contribution in [0.4, 0.5) is 5.69 Å². The number of pyridine rings is 1. The summed E-state index contributed by atoms with van der Waals surface area (Å²) in [4.78, 5) is 16.5. The molecule has 0 fully saturated rings. The zero-order valence-electron chi connectivity index (χ0n) is 13.9. The lowest BCUT2D eigenvalue weighted by atomic mass is 10.1. The van der Waals surface area contributed by atoms with E-state index in [9.17, 15) is 4.79 Å². The summed E-state index contributed by atoms with van der Waals surface area (Å²) in [5.41, 5.74) is 4.48. The quantitative estimate of drug-likeness (QED) is 0.784. The maximum absolute atomic E-state index is 12.2. The van der Waals surface area contributed by atoms with E-state index in [4.69, 9.17) is 11.6 Å². The molecule has 0 aliphatic rings. The first-order valence-electron chi connectivity index (χ1n) is 7.78. The van der Waals surface area contributed by atoms with Crippen LogP contribution in [0.1, 0.15) is 23.2 Å². The number of aryl methyl sites for hydroxylation is 4. The molecule has 1 amide bonds. The molecule has 6 heteroatoms. The second kappa shape index (κ2) is 6.61. The Morgan fingerprint density at radius 2 is 2.08 bits per heavy atom. The number of amides is 1. The Morgan fingerprint density at radius 3 is 2.83 bits per heavy atom. The van der Waals surface area contributed by atoms with E-state index < -0.39 is 0 Å². The van der Waals surface area contributed by atoms with Gasteiger partial charge in [-0.2, -0.15) is 5.10 Å². The standard InChI is InChI=1S/C18H19ClN4O/c1-11-4-5-13(8-16(11)19)6-7-17(24)21-14-9-15-12(2)22-23(3)18(15)20-10-14/h4-5,8-10H,6-7H2,1-3H3,(H,21,24). The molecule has 3 rings (SSSR count). The molecule has 24 heavy (non-hydrogen) atoms. The van der Waals surface area contributed by atoms with Gasteiger partial charge in [0.15, 0.2) is 5.65 Å². The third-order valence-corrected chi connectivity index (χ3v) is 4.43. The van der Waals surface area contributed by atoms with Crippen molar-refractivity contribution in [1.29, 1.82) is 0 Å². The number of nitrogens with one attached hydrogen (secondary N) is 1. The summed E-state index contributed by atoms with van der Waals surface area (Å²) in [5.74, 6) is -0.0469. The van der Waals surface area contributed by atoms with E-state index in [1.54, 1.807) is 10.9 Å². The van der Waals surface area contributed by atoms with Crippen molar-refractivity contribution < 1.29 is 4.79 Å². The van der Waals surface area contributed by atoms with Gasteiger partial charge in [0, 0.05) is 23.9 Å². The molecule has 1 aromatic carbocycles. The van der Waals surface area contributed by atoms with E-state index in [2.05, 4.69) is 15.4 Å². The number of fused-ring (bicyclic) bond motifs is 1. The van der Waals surface area contributed by atoms with E-state index in [0.717, 1.165) is 32.9 Å². The second-order valence-corrected chi connectivity index (χ2v) is 6.34. The predicted molar refractivity (Wildman–Crippen MR) is 96.4 cm³/mol. The van der Waals surface area contributed by atoms with Gasteiger partial charge in [0.25, 0.3) is 0 Å². The topological polar surface area (TPSA) is 59.8 Å². The molecule has 2 aromatic heterocycles. The van der Waals surface area contributed by atoms with Gasteiger partial charge in [0.1, 0.15) is 0 Å². The molecule has 0 aliphatic carbocycles. The highest BCUT2D eigenvalue weighted by Crippen LogP contribution is 2.20. The average Bonchev–Trinajstić information content (AvgIpc) is 2.83. The van der Waals surface area contributed by atoms with Gasteiger partial charge in [-0.1, -0.05) is 23.7 Å². The SMILES string of the molecule is Cc1ccc(CCC(=O)Nc2cnc3c(c2)c(C)nn3C)cc1Cl. The van der Waals surface area contributed by atoms with Crippen molar-refractivity contribution in [3.05, 3.63) is 52.3 Å². The highest BCUT2D eigenvalue weighted by Gasteiger charge is 2.09. The summed E-state index contributed by atoms with van der Waals surface area (Å²) >= 11 is 6.11. The maximum Gasteiger partial charge on any atom is 0.224 e. The number of hydrogen-bond donors (Lipinski definition) is 1. The number of rotatable bonds is 4. The van der Waals surface area contributed by atoms with E-state index in [1.807, 2.05) is 45.2 Å². The average molecular weight is 343 g/mol. The first-order chi connectivity index (χ1) is 11.4. The monoisotopic (exact) mass is 342 g/mol. The number of aromatic nitrogens is 3. The third kappa shape index (κ3) is 3.41. The van der Waals surface area contributed by atoms with Crippen LogP contribution in [0.3, 0.4) is 0 Å². The van der Waals surface area contributed by atoms with Crippen LogP contribution in [0.5, 0.6) is 0 Å². The Hall–Kier alpha value is -2.40. The maximum atomic E-state index is 12.2. The van der Waals surface area contributed by atoms with Gasteiger partial charge >= 0.3 is 0 Å². The van der Waals surface area contributed by atoms with E-state index in [1.165, 1.54) is 0 Å². The van der Waals surface area contributed by atoms with Crippen molar-refractivity contribution in [3.63, 3.8) is 0 Å². The van der Waals surface area contributed by atoms with Crippen molar-refractivity contribution in [2.24, 2.45) is 7.05 Å². The summed E-state index contributed by atoms with van der Waals surface area (Å²) in [6, 6.07) is 7.79. The van der Waals surface area contributed by atoms with Gasteiger partial charge in [-0.05, 0) is 43.5 Å². The number of hydrogen-bond acceptors (Lipinski definition) is 3. The first kappa shape index (κ1) is 16.5. The fraction of sp³-hybridized carbons (Fsp3) is 0.278. The van der Waals surface area contributed by atoms with Crippen molar-refractivity contribution >= 4 is 34.2 Å². The summed E-state index contributed by atoms with van der Waals surface area (Å²) < 4.78 is 1.73. The van der Waals surface area contributed by atoms with Gasteiger partial charge in [-0.25, -0.2) is 4.98 Å². The van der Waals surface area contributed by atoms with Crippen LogP contribution in [0.2, 0.25) is 5.02 Å². The van der Waals surface area contributed by atoms with Crippen LogP contribution < -0.4 is 5.32 Å². The minimum Gasteiger partial charge on any atom is -0.325 e. The summed E-state index contributed by atoms with van der Waals surface area (Å²) in [7, 11) is 1.85. The van der Waals surface area contributed by atoms with E-state index in [0.29, 0.717) is 18.5 Å². The summed E-state index contributed by atoms with van der Waals surface area (Å²) in [6.07, 6.45) is 2.70. The fourth-order valence-corrected chi connectivity index (χ4v) is 2.85. The van der Waals surface area contributed by atoms with Crippen LogP contribution in [-0.4, -0.2) is 20.7 Å². The molecule has 0 radical (unpaired) electrons. The molecule has 5 nitrogen and oxygen atoms in total. The Balaban J connectivity index is 1.66. The number of anilines is 1. The van der Waals surface area contributed by atoms with Crippen LogP contribution >= 0.6 is 11.6 Å². The smallest absolute Gasteiger partial charge is 0.224 e. The molecule has 0 bridgehead atoms. The lowest BCUT2D eigenvalue weighted by Gasteiger charge is -2.06.